The molecule has 0 unspecified atom stereocenters. The molecule has 6 heteroatoms. The SMILES string of the molecule is CC(C)c1cc(Oc2c(Cl)cc(OCC(=O)O)c3c2CCC3)ccc1O. The zero-order valence-electron chi connectivity index (χ0n) is 14.7. The second-order valence-corrected chi connectivity index (χ2v) is 7.06. The summed E-state index contributed by atoms with van der Waals surface area (Å²) in [4.78, 5) is 10.8. The normalized spacial score (nSPS) is 12.9. The van der Waals surface area contributed by atoms with Gasteiger partial charge in [-0.05, 0) is 43.4 Å². The fourth-order valence-corrected chi connectivity index (χ4v) is 3.48. The molecule has 1 aliphatic rings. The number of phenolic OH excluding ortho intramolecular Hbond substituents is 1. The molecule has 0 heterocycles. The monoisotopic (exact) mass is 376 g/mol. The summed E-state index contributed by atoms with van der Waals surface area (Å²) in [5.41, 5.74) is 2.71. The summed E-state index contributed by atoms with van der Waals surface area (Å²) in [6, 6.07) is 6.75. The number of halogens is 1. The summed E-state index contributed by atoms with van der Waals surface area (Å²) in [5.74, 6) is 1.04. The third-order valence-corrected chi connectivity index (χ3v) is 4.74. The molecule has 0 fully saturated rings. The van der Waals surface area contributed by atoms with E-state index < -0.39 is 12.6 Å². The summed E-state index contributed by atoms with van der Waals surface area (Å²) in [6.07, 6.45) is 2.52. The molecule has 138 valence electrons. The fraction of sp³-hybridized carbons (Fsp3) is 0.350. The Kier molecular flexibility index (Phi) is 5.28. The van der Waals surface area contributed by atoms with Crippen LogP contribution in [0.3, 0.4) is 0 Å². The Balaban J connectivity index is 1.95. The highest BCUT2D eigenvalue weighted by Gasteiger charge is 2.24. The van der Waals surface area contributed by atoms with Crippen LogP contribution in [0.5, 0.6) is 23.0 Å². The van der Waals surface area contributed by atoms with Gasteiger partial charge in [0.1, 0.15) is 23.0 Å². The summed E-state index contributed by atoms with van der Waals surface area (Å²) in [7, 11) is 0. The minimum absolute atomic E-state index is 0.159. The van der Waals surface area contributed by atoms with Crippen molar-refractivity contribution in [3.8, 4) is 23.0 Å². The maximum Gasteiger partial charge on any atom is 0.341 e. The topological polar surface area (TPSA) is 76.0 Å². The van der Waals surface area contributed by atoms with Crippen molar-refractivity contribution in [2.75, 3.05) is 6.61 Å². The first-order chi connectivity index (χ1) is 12.4. The van der Waals surface area contributed by atoms with Crippen molar-refractivity contribution >= 4 is 17.6 Å². The second kappa shape index (κ2) is 7.46. The van der Waals surface area contributed by atoms with E-state index in [1.165, 1.54) is 0 Å². The van der Waals surface area contributed by atoms with Crippen molar-refractivity contribution < 1.29 is 24.5 Å². The van der Waals surface area contributed by atoms with E-state index in [9.17, 15) is 9.90 Å². The van der Waals surface area contributed by atoms with Gasteiger partial charge < -0.3 is 19.7 Å². The lowest BCUT2D eigenvalue weighted by Gasteiger charge is -2.17. The molecular weight excluding hydrogens is 356 g/mol. The van der Waals surface area contributed by atoms with Crippen molar-refractivity contribution in [3.63, 3.8) is 0 Å². The highest BCUT2D eigenvalue weighted by molar-refractivity contribution is 6.32. The van der Waals surface area contributed by atoms with Crippen LogP contribution in [0.1, 0.15) is 42.9 Å². The Bertz CT molecular complexity index is 845. The number of hydrogen-bond donors (Lipinski definition) is 2. The Morgan fingerprint density at radius 2 is 1.96 bits per heavy atom. The molecule has 0 bridgehead atoms. The minimum atomic E-state index is -1.03. The van der Waals surface area contributed by atoms with Crippen LogP contribution in [0.25, 0.3) is 0 Å². The number of aliphatic carboxylic acids is 1. The van der Waals surface area contributed by atoms with E-state index in [4.69, 9.17) is 26.2 Å². The first kappa shape index (κ1) is 18.4. The van der Waals surface area contributed by atoms with Gasteiger partial charge >= 0.3 is 5.97 Å². The molecule has 2 aromatic rings. The molecule has 5 nitrogen and oxygen atoms in total. The number of hydrogen-bond acceptors (Lipinski definition) is 4. The summed E-state index contributed by atoms with van der Waals surface area (Å²) < 4.78 is 11.5. The number of rotatable bonds is 6. The van der Waals surface area contributed by atoms with Gasteiger partial charge in [0.25, 0.3) is 0 Å². The Labute approximate surface area is 157 Å². The Morgan fingerprint density at radius 3 is 2.65 bits per heavy atom. The van der Waals surface area contributed by atoms with E-state index in [0.29, 0.717) is 22.3 Å². The lowest BCUT2D eigenvalue weighted by atomic mass is 10.0. The van der Waals surface area contributed by atoms with Gasteiger partial charge in [0.05, 0.1) is 5.02 Å². The first-order valence-electron chi connectivity index (χ1n) is 8.56. The van der Waals surface area contributed by atoms with Crippen LogP contribution < -0.4 is 9.47 Å². The van der Waals surface area contributed by atoms with Crippen LogP contribution in [0.4, 0.5) is 0 Å². The van der Waals surface area contributed by atoms with Gasteiger partial charge in [-0.2, -0.15) is 0 Å². The second-order valence-electron chi connectivity index (χ2n) is 6.66. The number of fused-ring (bicyclic) bond motifs is 1. The molecule has 0 radical (unpaired) electrons. The van der Waals surface area contributed by atoms with Gasteiger partial charge in [-0.15, -0.1) is 0 Å². The smallest absolute Gasteiger partial charge is 0.341 e. The minimum Gasteiger partial charge on any atom is -0.508 e. The number of carboxylic acids is 1. The number of phenols is 1. The van der Waals surface area contributed by atoms with Gasteiger partial charge in [-0.25, -0.2) is 4.79 Å². The van der Waals surface area contributed by atoms with E-state index in [2.05, 4.69) is 0 Å². The Hall–Kier alpha value is -2.40. The van der Waals surface area contributed by atoms with Crippen LogP contribution in [0.2, 0.25) is 5.02 Å². The van der Waals surface area contributed by atoms with Crippen LogP contribution in [0, 0.1) is 0 Å². The van der Waals surface area contributed by atoms with Crippen LogP contribution >= 0.6 is 11.6 Å². The van der Waals surface area contributed by atoms with Gasteiger partial charge in [0, 0.05) is 22.8 Å². The molecule has 2 N–H and O–H groups in total. The van der Waals surface area contributed by atoms with E-state index in [1.54, 1.807) is 18.2 Å². The maximum absolute atomic E-state index is 10.8. The Morgan fingerprint density at radius 1 is 1.23 bits per heavy atom. The van der Waals surface area contributed by atoms with Crippen molar-refractivity contribution in [1.82, 2.24) is 0 Å². The van der Waals surface area contributed by atoms with Crippen LogP contribution in [0.15, 0.2) is 24.3 Å². The molecule has 2 aromatic carbocycles. The van der Waals surface area contributed by atoms with Crippen LogP contribution in [-0.2, 0) is 17.6 Å². The lowest BCUT2D eigenvalue weighted by molar-refractivity contribution is -0.139. The molecule has 0 saturated heterocycles. The van der Waals surface area contributed by atoms with E-state index in [-0.39, 0.29) is 11.7 Å². The van der Waals surface area contributed by atoms with Gasteiger partial charge in [-0.3, -0.25) is 0 Å². The van der Waals surface area contributed by atoms with Gasteiger partial charge in [-0.1, -0.05) is 25.4 Å². The highest BCUT2D eigenvalue weighted by atomic mass is 35.5. The molecule has 0 aromatic heterocycles. The average molecular weight is 377 g/mol. The molecule has 0 amide bonds. The molecule has 0 aliphatic heterocycles. The number of ether oxygens (including phenoxy) is 2. The fourth-order valence-electron chi connectivity index (χ4n) is 3.23. The molecular formula is C20H21ClO5. The third kappa shape index (κ3) is 3.73. The molecule has 3 rings (SSSR count). The van der Waals surface area contributed by atoms with Crippen LogP contribution in [-0.4, -0.2) is 22.8 Å². The number of benzene rings is 2. The largest absolute Gasteiger partial charge is 0.508 e. The number of aromatic hydroxyl groups is 1. The lowest BCUT2D eigenvalue weighted by Crippen LogP contribution is -2.10. The average Bonchev–Trinajstić information content (AvgIpc) is 3.06. The summed E-state index contributed by atoms with van der Waals surface area (Å²) in [5, 5.41) is 19.2. The molecule has 0 saturated carbocycles. The van der Waals surface area contributed by atoms with Crippen molar-refractivity contribution in [2.45, 2.75) is 39.0 Å². The standard InChI is InChI=1S/C20H21ClO5/c1-11(2)15-8-12(6-7-17(15)22)26-20-14-5-3-4-13(14)18(9-16(20)21)25-10-19(23)24/h6-9,11,22H,3-5,10H2,1-2H3,(H,23,24). The molecule has 0 spiro atoms. The number of carboxylic acid groups (broad SMARTS) is 1. The predicted molar refractivity (Wildman–Crippen MR) is 98.9 cm³/mol. The third-order valence-electron chi connectivity index (χ3n) is 4.46. The quantitative estimate of drug-likeness (QED) is 0.748. The highest BCUT2D eigenvalue weighted by Crippen LogP contribution is 2.44. The first-order valence-corrected chi connectivity index (χ1v) is 8.94. The van der Waals surface area contributed by atoms with Crippen molar-refractivity contribution in [2.24, 2.45) is 0 Å². The molecule has 0 atom stereocenters. The summed E-state index contributed by atoms with van der Waals surface area (Å²) in [6.45, 7) is 3.59. The number of carbonyl (C=O) groups is 1. The van der Waals surface area contributed by atoms with Gasteiger partial charge in [0.2, 0.25) is 0 Å². The van der Waals surface area contributed by atoms with E-state index in [0.717, 1.165) is 36.0 Å². The molecule has 1 aliphatic carbocycles. The zero-order chi connectivity index (χ0) is 18.8. The molecule has 26 heavy (non-hydrogen) atoms. The maximum atomic E-state index is 10.8. The zero-order valence-corrected chi connectivity index (χ0v) is 15.5. The van der Waals surface area contributed by atoms with Crippen molar-refractivity contribution in [1.29, 1.82) is 0 Å². The van der Waals surface area contributed by atoms with E-state index in [1.807, 2.05) is 19.9 Å². The van der Waals surface area contributed by atoms with E-state index >= 15 is 0 Å². The van der Waals surface area contributed by atoms with Gasteiger partial charge in [0.15, 0.2) is 6.61 Å². The van der Waals surface area contributed by atoms with Crippen molar-refractivity contribution in [3.05, 3.63) is 46.0 Å². The summed E-state index contributed by atoms with van der Waals surface area (Å²) >= 11 is 6.41. The predicted octanol–water partition coefficient (Wildman–Crippen LogP) is 4.91.